The zero-order valence-electron chi connectivity index (χ0n) is 31.9. The number of aryl methyl sites for hydroxylation is 3. The minimum absolute atomic E-state index is 0.0325. The van der Waals surface area contributed by atoms with E-state index in [9.17, 15) is 18.0 Å². The number of carbonyl (C=O) groups is 1. The summed E-state index contributed by atoms with van der Waals surface area (Å²) in [6.07, 6.45) is 4.27. The predicted octanol–water partition coefficient (Wildman–Crippen LogP) is 9.90. The van der Waals surface area contributed by atoms with Crippen molar-refractivity contribution < 1.29 is 27.4 Å². The van der Waals surface area contributed by atoms with Crippen LogP contribution in [0.1, 0.15) is 122 Å². The molecule has 2 unspecified atom stereocenters. The van der Waals surface area contributed by atoms with Gasteiger partial charge in [0.1, 0.15) is 0 Å². The van der Waals surface area contributed by atoms with Crippen LogP contribution in [0, 0.1) is 17.4 Å². The Morgan fingerprint density at radius 1 is 1.10 bits per heavy atom. The molecule has 2 aromatic carbocycles. The standard InChI is InChI=1S/C38H50BF3N4O3.C2H6/c1-8-11-13-27-15-17-28(18-16-27)19-20-29-21-22-30(24-31(29)38(40,41)42)32(10-3)44-34(26(4)9-2)33-14-12-23-46(33)35(39-48-25-43)45-36(47)49-37(5,6)7;1-2/h10,15-18,21-22,24,26,33H,8-9,11-14,19-20,23H2,1-7H3,(H,45,47);1-2H3/b32-10-,44-34?;. The van der Waals surface area contributed by atoms with E-state index in [1.807, 2.05) is 44.7 Å². The van der Waals surface area contributed by atoms with Gasteiger partial charge in [0, 0.05) is 0 Å². The Kier molecular flexibility index (Phi) is 17.5. The molecule has 1 aliphatic rings. The number of nitrogens with zero attached hydrogens (tertiary/aromatic N) is 3. The summed E-state index contributed by atoms with van der Waals surface area (Å²) in [7, 11) is 1.17. The molecular weight excluding hydrogens is 652 g/mol. The summed E-state index contributed by atoms with van der Waals surface area (Å²) in [6.45, 7) is 17.7. The molecule has 11 heteroatoms. The van der Waals surface area contributed by atoms with Crippen molar-refractivity contribution in [3.63, 3.8) is 0 Å². The number of hydrogen-bond donors (Lipinski definition) is 1. The van der Waals surface area contributed by atoms with Crippen LogP contribution in [0.4, 0.5) is 18.0 Å². The van der Waals surface area contributed by atoms with Crippen molar-refractivity contribution in [1.82, 2.24) is 10.2 Å². The number of alkyl halides is 3. The smallest absolute Gasteiger partial charge is 0.0683 e. The molecule has 7 nitrogen and oxygen atoms in total. The molecule has 0 radical (unpaired) electrons. The minimum Gasteiger partial charge on any atom is -0.0683 e. The summed E-state index contributed by atoms with van der Waals surface area (Å²) < 4.78 is 53.8. The molecule has 278 valence electrons. The van der Waals surface area contributed by atoms with Gasteiger partial charge in [-0.3, -0.25) is 0 Å². The molecule has 1 N–H and O–H groups in total. The van der Waals surface area contributed by atoms with Gasteiger partial charge in [-0.25, -0.2) is 0 Å². The Hall–Kier alpha value is -4.07. The van der Waals surface area contributed by atoms with Gasteiger partial charge in [-0.1, -0.05) is 51.5 Å². The number of alkyl carbamates (subject to hydrolysis) is 1. The van der Waals surface area contributed by atoms with Crippen molar-refractivity contribution in [2.24, 2.45) is 10.9 Å². The molecule has 1 fully saturated rings. The molecule has 1 saturated heterocycles. The van der Waals surface area contributed by atoms with Crippen LogP contribution >= 0.6 is 0 Å². The number of halogens is 3. The second kappa shape index (κ2) is 20.7. The number of likely N-dealkylation sites (tertiary alicyclic amines) is 1. The summed E-state index contributed by atoms with van der Waals surface area (Å²) in [6, 6.07) is 12.4. The average molecular weight is 709 g/mol. The molecule has 0 aromatic heterocycles. The van der Waals surface area contributed by atoms with Crippen LogP contribution < -0.4 is 5.32 Å². The molecular formula is C40H56BF3N4O3. The van der Waals surface area contributed by atoms with E-state index in [-0.39, 0.29) is 29.7 Å². The van der Waals surface area contributed by atoms with E-state index in [0.29, 0.717) is 30.6 Å². The van der Waals surface area contributed by atoms with Crippen LogP contribution in [-0.2, 0) is 34.8 Å². The zero-order valence-corrected chi connectivity index (χ0v) is 31.9. The van der Waals surface area contributed by atoms with Crippen molar-refractivity contribution in [2.45, 2.75) is 131 Å². The van der Waals surface area contributed by atoms with Crippen LogP contribution in [0.3, 0.4) is 0 Å². The maximum atomic E-state index is 14.5. The molecule has 1 amide bonds. The largest absolute Gasteiger partial charge is 0.0683 e. The Bertz CT molecular complexity index is 1540. The number of nitrogens with one attached hydrogen (secondary N) is 1. The maximum Gasteiger partial charge on any atom is -0.0683 e. The maximum absolute atomic E-state index is 14.5. The van der Waals surface area contributed by atoms with E-state index in [1.165, 1.54) is 18.8 Å². The fourth-order valence-electron chi connectivity index (χ4n) is 5.93. The second-order valence-corrected chi connectivity index (χ2v) is 13.5. The molecule has 2 aromatic rings. The normalized spacial score (nSPS) is 16.0. The van der Waals surface area contributed by atoms with Crippen LogP contribution in [0.5, 0.6) is 0 Å². The topological polar surface area (TPSA) is 87.0 Å². The number of aliphatic imine (C=N–C) groups is 1. The number of amides is 1. The van der Waals surface area contributed by atoms with Crippen molar-refractivity contribution in [3.05, 3.63) is 76.4 Å². The van der Waals surface area contributed by atoms with Gasteiger partial charge in [-0.05, 0) is 24.0 Å². The van der Waals surface area contributed by atoms with Crippen molar-refractivity contribution in [1.29, 1.82) is 5.26 Å². The quantitative estimate of drug-likeness (QED) is 0.120. The first-order valence-corrected chi connectivity index (χ1v) is 18.2. The summed E-state index contributed by atoms with van der Waals surface area (Å²) in [4.78, 5) is 19.6. The Morgan fingerprint density at radius 2 is 1.75 bits per heavy atom. The number of unbranched alkanes of at least 4 members (excludes halogenated alkanes) is 1. The molecule has 3 rings (SSSR count). The van der Waals surface area contributed by atoms with Gasteiger partial charge in [-0.15, -0.1) is 0 Å². The molecule has 1 aliphatic heterocycles. The van der Waals surface area contributed by atoms with Crippen molar-refractivity contribution in [3.8, 4) is 6.26 Å². The Labute approximate surface area is 304 Å². The first-order chi connectivity index (χ1) is 24.2. The number of nitriles is 1. The van der Waals surface area contributed by atoms with Gasteiger partial charge >= 0.3 is 229 Å². The monoisotopic (exact) mass is 708 g/mol. The number of hydrogen-bond acceptors (Lipinski definition) is 6. The number of allylic oxidation sites excluding steroid dienone is 1. The van der Waals surface area contributed by atoms with Gasteiger partial charge in [0.05, 0.1) is 0 Å². The number of benzene rings is 2. The fourth-order valence-corrected chi connectivity index (χ4v) is 5.93. The molecule has 1 heterocycles. The van der Waals surface area contributed by atoms with Gasteiger partial charge in [0.15, 0.2) is 0 Å². The molecule has 0 aliphatic carbocycles. The van der Waals surface area contributed by atoms with Gasteiger partial charge in [0.2, 0.25) is 0 Å². The average Bonchev–Trinajstić information content (AvgIpc) is 3.58. The third-order valence-corrected chi connectivity index (χ3v) is 8.63. The second-order valence-electron chi connectivity index (χ2n) is 13.5. The van der Waals surface area contributed by atoms with Gasteiger partial charge in [0.25, 0.3) is 0 Å². The molecule has 0 saturated carbocycles. The Morgan fingerprint density at radius 3 is 2.29 bits per heavy atom. The first-order valence-electron chi connectivity index (χ1n) is 18.2. The summed E-state index contributed by atoms with van der Waals surface area (Å²) >= 11 is 0. The molecule has 0 bridgehead atoms. The van der Waals surface area contributed by atoms with Gasteiger partial charge in [-0.2, -0.15) is 0 Å². The van der Waals surface area contributed by atoms with E-state index >= 15 is 0 Å². The van der Waals surface area contributed by atoms with Crippen molar-refractivity contribution >= 4 is 30.3 Å². The van der Waals surface area contributed by atoms with Crippen LogP contribution in [-0.4, -0.2) is 47.7 Å². The number of rotatable bonds is 14. The Balaban J connectivity index is 0.00000442. The molecule has 0 spiro atoms. The minimum atomic E-state index is -4.53. The third-order valence-electron chi connectivity index (χ3n) is 8.63. The van der Waals surface area contributed by atoms with E-state index in [2.05, 4.69) is 24.4 Å². The fraction of sp³-hybridized carbons (Fsp3) is 0.550. The molecule has 2 atom stereocenters. The number of ether oxygens (including phenoxy) is 1. The van der Waals surface area contributed by atoms with E-state index in [0.717, 1.165) is 43.4 Å². The van der Waals surface area contributed by atoms with E-state index in [1.54, 1.807) is 52.2 Å². The SMILES string of the molecule is C/C=C(\N=C(C(C)CC)C1CCCN1C(=BOC#N)NC(=O)OC(C)(C)C)c1ccc(CCc2ccc(CCCC)cc2)c(C(F)(F)F)c1.CC. The summed E-state index contributed by atoms with van der Waals surface area (Å²) in [5, 5.41) is 11.8. The number of carbonyl (C=O) groups excluding carboxylic acids is 1. The third kappa shape index (κ3) is 13.5. The summed E-state index contributed by atoms with van der Waals surface area (Å²) in [5.74, 6) is -0.0325. The van der Waals surface area contributed by atoms with Crippen molar-refractivity contribution in [2.75, 3.05) is 6.54 Å². The van der Waals surface area contributed by atoms with Crippen LogP contribution in [0.25, 0.3) is 5.70 Å². The predicted molar refractivity (Wildman–Crippen MR) is 202 cm³/mol. The molecule has 51 heavy (non-hydrogen) atoms. The van der Waals surface area contributed by atoms with Gasteiger partial charge < -0.3 is 0 Å². The van der Waals surface area contributed by atoms with E-state index in [4.69, 9.17) is 19.6 Å². The zero-order chi connectivity index (χ0) is 38.2. The van der Waals surface area contributed by atoms with Crippen LogP contribution in [0.2, 0.25) is 0 Å². The first kappa shape index (κ1) is 43.1. The van der Waals surface area contributed by atoms with E-state index < -0.39 is 23.4 Å². The summed E-state index contributed by atoms with van der Waals surface area (Å²) in [5.41, 5.74) is 2.90. The van der Waals surface area contributed by atoms with Crippen LogP contribution in [0.15, 0.2) is 53.5 Å².